The number of fused-ring (bicyclic) bond motifs is 3. The summed E-state index contributed by atoms with van der Waals surface area (Å²) >= 11 is 3.40. The molecule has 0 unspecified atom stereocenters. The first kappa shape index (κ1) is 16.8. The molecule has 2 bridgehead atoms. The Morgan fingerprint density at radius 3 is 2.00 bits per heavy atom. The number of thiophene rings is 2. The molecule has 0 saturated carbocycles. The van der Waals surface area contributed by atoms with E-state index in [-0.39, 0.29) is 5.41 Å². The van der Waals surface area contributed by atoms with Crippen LogP contribution in [0.3, 0.4) is 0 Å². The molecule has 5 heterocycles. The van der Waals surface area contributed by atoms with Gasteiger partial charge in [-0.25, -0.2) is 0 Å². The average molecular weight is 363 g/mol. The third-order valence-electron chi connectivity index (χ3n) is 6.83. The van der Waals surface area contributed by atoms with Gasteiger partial charge in [-0.05, 0) is 51.2 Å². The second-order valence-corrected chi connectivity index (χ2v) is 9.41. The molecule has 0 spiro atoms. The highest BCUT2D eigenvalue weighted by Gasteiger charge is 2.60. The van der Waals surface area contributed by atoms with Crippen molar-refractivity contribution >= 4 is 22.7 Å². The molecule has 2 aromatic rings. The fourth-order valence-corrected chi connectivity index (χ4v) is 6.55. The van der Waals surface area contributed by atoms with Crippen molar-refractivity contribution < 1.29 is 9.59 Å². The van der Waals surface area contributed by atoms with Crippen molar-refractivity contribution in [2.75, 3.05) is 26.2 Å². The van der Waals surface area contributed by atoms with Gasteiger partial charge in [-0.3, -0.25) is 0 Å². The summed E-state index contributed by atoms with van der Waals surface area (Å²) in [5.41, 5.74) is 1.43. The van der Waals surface area contributed by atoms with Crippen molar-refractivity contribution in [1.29, 1.82) is 0 Å². The Hall–Kier alpha value is -0.680. The molecule has 0 aromatic carbocycles. The van der Waals surface area contributed by atoms with Gasteiger partial charge in [0.2, 0.25) is 0 Å². The minimum Gasteiger partial charge on any atom is -0.380 e. The molecule has 5 rings (SSSR count). The monoisotopic (exact) mass is 362 g/mol. The van der Waals surface area contributed by atoms with Crippen LogP contribution in [-0.2, 0) is 5.60 Å². The van der Waals surface area contributed by atoms with Crippen molar-refractivity contribution in [1.82, 2.24) is 0 Å². The highest BCUT2D eigenvalue weighted by atomic mass is 32.1. The second kappa shape index (κ2) is 6.24. The van der Waals surface area contributed by atoms with Crippen LogP contribution in [0.25, 0.3) is 0 Å². The lowest BCUT2D eigenvalue weighted by Crippen LogP contribution is -2.66. The van der Waals surface area contributed by atoms with Crippen LogP contribution in [-0.4, -0.2) is 35.8 Å². The Morgan fingerprint density at radius 2 is 1.58 bits per heavy atom. The molecule has 130 valence electrons. The van der Waals surface area contributed by atoms with E-state index in [9.17, 15) is 5.11 Å². The molecule has 24 heavy (non-hydrogen) atoms. The molecule has 3 fully saturated rings. The lowest BCUT2D eigenvalue weighted by atomic mass is 9.57. The fraction of sp³-hybridized carbons (Fsp3) is 0.600. The zero-order valence-electron chi connectivity index (χ0n) is 14.5. The Kier molecular flexibility index (Phi) is 4.36. The average Bonchev–Trinajstić information content (AvgIpc) is 3.34. The first-order chi connectivity index (χ1) is 11.6. The number of rotatable bonds is 6. The first-order valence-electron chi connectivity index (χ1n) is 9.27. The molecule has 0 amide bonds. The van der Waals surface area contributed by atoms with Crippen molar-refractivity contribution in [2.24, 2.45) is 5.41 Å². The topological polar surface area (TPSA) is 20.2 Å². The maximum atomic E-state index is 12.1. The summed E-state index contributed by atoms with van der Waals surface area (Å²) in [6.45, 7) is 7.37. The molecular formula is C20H28NOS2+. The van der Waals surface area contributed by atoms with Crippen LogP contribution >= 0.6 is 22.7 Å². The quantitative estimate of drug-likeness (QED) is 0.729. The largest absolute Gasteiger partial charge is 0.380 e. The zero-order valence-corrected chi connectivity index (χ0v) is 16.2. The van der Waals surface area contributed by atoms with Gasteiger partial charge in [0, 0.05) is 24.7 Å². The maximum absolute atomic E-state index is 12.1. The third-order valence-corrected chi connectivity index (χ3v) is 8.19. The number of unbranched alkanes of at least 4 members (excludes halogenated alkanes) is 1. The van der Waals surface area contributed by atoms with Crippen LogP contribution < -0.4 is 0 Å². The number of quaternary nitrogens is 1. The summed E-state index contributed by atoms with van der Waals surface area (Å²) in [5, 5.41) is 20.6. The van der Waals surface area contributed by atoms with Gasteiger partial charge < -0.3 is 9.59 Å². The molecule has 3 saturated heterocycles. The van der Waals surface area contributed by atoms with Gasteiger partial charge in [0.25, 0.3) is 0 Å². The van der Waals surface area contributed by atoms with E-state index in [1.165, 1.54) is 43.5 Å². The predicted molar refractivity (Wildman–Crippen MR) is 103 cm³/mol. The molecule has 0 aliphatic carbocycles. The highest BCUT2D eigenvalue weighted by molar-refractivity contribution is 7.08. The SMILES string of the molecule is CCCC[N+]12CCC(C(O)(c3ccsc3)c3ccsc3)(CC1)CC2. The smallest absolute Gasteiger partial charge is 0.122 e. The Balaban J connectivity index is 1.69. The van der Waals surface area contributed by atoms with Crippen LogP contribution in [0.15, 0.2) is 33.7 Å². The van der Waals surface area contributed by atoms with Crippen molar-refractivity contribution in [3.05, 3.63) is 44.8 Å². The van der Waals surface area contributed by atoms with Crippen LogP contribution in [0.1, 0.15) is 50.2 Å². The second-order valence-electron chi connectivity index (χ2n) is 7.85. The molecule has 2 nitrogen and oxygen atoms in total. The minimum absolute atomic E-state index is 0.0152. The number of hydrogen-bond acceptors (Lipinski definition) is 3. The highest BCUT2D eigenvalue weighted by Crippen LogP contribution is 2.58. The number of aliphatic hydroxyl groups is 1. The predicted octanol–water partition coefficient (Wildman–Crippen LogP) is 4.85. The van der Waals surface area contributed by atoms with Crippen LogP contribution in [0, 0.1) is 5.41 Å². The summed E-state index contributed by atoms with van der Waals surface area (Å²) < 4.78 is 1.30. The van der Waals surface area contributed by atoms with Gasteiger partial charge in [0.1, 0.15) is 5.60 Å². The summed E-state index contributed by atoms with van der Waals surface area (Å²) in [4.78, 5) is 0. The summed E-state index contributed by atoms with van der Waals surface area (Å²) in [6.07, 6.45) is 6.09. The van der Waals surface area contributed by atoms with E-state index in [4.69, 9.17) is 0 Å². The van der Waals surface area contributed by atoms with Gasteiger partial charge in [0.15, 0.2) is 0 Å². The van der Waals surface area contributed by atoms with Crippen molar-refractivity contribution in [3.8, 4) is 0 Å². The number of piperidine rings is 3. The molecular weight excluding hydrogens is 334 g/mol. The Morgan fingerprint density at radius 1 is 1.04 bits per heavy atom. The van der Waals surface area contributed by atoms with E-state index in [0.29, 0.717) is 0 Å². The summed E-state index contributed by atoms with van der Waals surface area (Å²) in [6, 6.07) is 4.28. The van der Waals surface area contributed by atoms with E-state index < -0.39 is 5.60 Å². The molecule has 3 aliphatic rings. The van der Waals surface area contributed by atoms with E-state index in [0.717, 1.165) is 30.4 Å². The third kappa shape index (κ3) is 2.42. The normalized spacial score (nSPS) is 29.9. The van der Waals surface area contributed by atoms with Gasteiger partial charge in [-0.1, -0.05) is 13.3 Å². The maximum Gasteiger partial charge on any atom is 0.122 e. The zero-order chi connectivity index (χ0) is 16.7. The molecule has 0 atom stereocenters. The lowest BCUT2D eigenvalue weighted by Gasteiger charge is -2.59. The molecule has 3 aliphatic heterocycles. The summed E-state index contributed by atoms with van der Waals surface area (Å²) in [7, 11) is 0. The first-order valence-corrected chi connectivity index (χ1v) is 11.2. The minimum atomic E-state index is -0.811. The molecule has 0 radical (unpaired) electrons. The van der Waals surface area contributed by atoms with Crippen LogP contribution in [0.2, 0.25) is 0 Å². The van der Waals surface area contributed by atoms with E-state index in [1.54, 1.807) is 22.7 Å². The van der Waals surface area contributed by atoms with E-state index in [2.05, 4.69) is 40.6 Å². The Labute approximate surface area is 153 Å². The fourth-order valence-electron chi connectivity index (χ4n) is 5.16. The lowest BCUT2D eigenvalue weighted by molar-refractivity contribution is -0.946. The van der Waals surface area contributed by atoms with Crippen molar-refractivity contribution in [2.45, 2.75) is 44.6 Å². The van der Waals surface area contributed by atoms with Gasteiger partial charge in [-0.2, -0.15) is 22.7 Å². The van der Waals surface area contributed by atoms with Gasteiger partial charge >= 0.3 is 0 Å². The molecule has 1 N–H and O–H groups in total. The molecule has 2 aromatic heterocycles. The number of hydrogen-bond donors (Lipinski definition) is 1. The standard InChI is InChI=1S/C20H28NOS2/c1-2-3-9-21-10-6-19(7-11-21,8-12-21)20(22,17-4-13-23-15-17)18-5-14-24-16-18/h4-5,13-16,22H,2-3,6-12H2,1H3/q+1. The van der Waals surface area contributed by atoms with Crippen LogP contribution in [0.4, 0.5) is 0 Å². The molecule has 4 heteroatoms. The van der Waals surface area contributed by atoms with Gasteiger partial charge in [0.05, 0.1) is 26.2 Å². The Bertz CT molecular complexity index is 603. The van der Waals surface area contributed by atoms with Crippen LogP contribution in [0.5, 0.6) is 0 Å². The van der Waals surface area contributed by atoms with Gasteiger partial charge in [-0.15, -0.1) is 0 Å². The number of nitrogens with zero attached hydrogens (tertiary/aromatic N) is 1. The van der Waals surface area contributed by atoms with Crippen molar-refractivity contribution in [3.63, 3.8) is 0 Å². The van der Waals surface area contributed by atoms with E-state index in [1.807, 2.05) is 0 Å². The summed E-state index contributed by atoms with van der Waals surface area (Å²) in [5.74, 6) is 0. The van der Waals surface area contributed by atoms with E-state index >= 15 is 0 Å².